The predicted octanol–water partition coefficient (Wildman–Crippen LogP) is 2.50. The van der Waals surface area contributed by atoms with Gasteiger partial charge >= 0.3 is 0 Å². The van der Waals surface area contributed by atoms with Crippen molar-refractivity contribution in [1.29, 1.82) is 0 Å². The van der Waals surface area contributed by atoms with Gasteiger partial charge in [-0.2, -0.15) is 0 Å². The molecule has 2 atom stereocenters. The van der Waals surface area contributed by atoms with Crippen molar-refractivity contribution in [1.82, 2.24) is 4.90 Å². The lowest BCUT2D eigenvalue weighted by Gasteiger charge is -2.27. The maximum absolute atomic E-state index is 12.9. The molecule has 3 nitrogen and oxygen atoms in total. The molecule has 0 radical (unpaired) electrons. The summed E-state index contributed by atoms with van der Waals surface area (Å²) in [5.74, 6) is -0.264. The number of hydrogen-bond acceptors (Lipinski definition) is 3. The minimum atomic E-state index is -0.558. The Morgan fingerprint density at radius 2 is 2.00 bits per heavy atom. The molecule has 0 unspecified atom stereocenters. The summed E-state index contributed by atoms with van der Waals surface area (Å²) < 4.78 is 18.6. The van der Waals surface area contributed by atoms with Crippen LogP contribution in [0, 0.1) is 5.82 Å². The van der Waals surface area contributed by atoms with Crippen LogP contribution in [0.1, 0.15) is 37.4 Å². The summed E-state index contributed by atoms with van der Waals surface area (Å²) in [7, 11) is 0. The fraction of sp³-hybridized carbons (Fsp3) is 0.625. The van der Waals surface area contributed by atoms with Gasteiger partial charge in [-0.3, -0.25) is 4.90 Å². The van der Waals surface area contributed by atoms with Gasteiger partial charge in [0.1, 0.15) is 5.82 Å². The first-order chi connectivity index (χ1) is 9.72. The van der Waals surface area contributed by atoms with Crippen LogP contribution in [0.15, 0.2) is 24.3 Å². The van der Waals surface area contributed by atoms with Gasteiger partial charge in [-0.05, 0) is 43.4 Å². The quantitative estimate of drug-likeness (QED) is 0.868. The molecule has 1 aromatic rings. The summed E-state index contributed by atoms with van der Waals surface area (Å²) >= 11 is 0. The van der Waals surface area contributed by atoms with Crippen molar-refractivity contribution in [3.8, 4) is 0 Å². The molecule has 4 heteroatoms. The van der Waals surface area contributed by atoms with Crippen LogP contribution in [0.4, 0.5) is 4.39 Å². The molecule has 1 saturated carbocycles. The zero-order valence-corrected chi connectivity index (χ0v) is 11.7. The van der Waals surface area contributed by atoms with E-state index in [1.165, 1.54) is 25.0 Å². The van der Waals surface area contributed by atoms with Crippen molar-refractivity contribution >= 4 is 0 Å². The molecule has 1 N–H and O–H groups in total. The lowest BCUT2D eigenvalue weighted by atomic mass is 10.1. The molecule has 1 heterocycles. The predicted molar refractivity (Wildman–Crippen MR) is 74.9 cm³/mol. The first-order valence-electron chi connectivity index (χ1n) is 7.51. The Kier molecular flexibility index (Phi) is 4.34. The Morgan fingerprint density at radius 1 is 1.25 bits per heavy atom. The van der Waals surface area contributed by atoms with E-state index in [-0.39, 0.29) is 5.82 Å². The maximum Gasteiger partial charge on any atom is 0.123 e. The highest BCUT2D eigenvalue weighted by atomic mass is 19.1. The second-order valence-electron chi connectivity index (χ2n) is 5.89. The van der Waals surface area contributed by atoms with E-state index in [9.17, 15) is 9.50 Å². The Hall–Kier alpha value is -0.970. The zero-order valence-electron chi connectivity index (χ0n) is 11.7. The number of hydrogen-bond donors (Lipinski definition) is 1. The maximum atomic E-state index is 12.9. The Labute approximate surface area is 119 Å². The molecule has 1 aromatic carbocycles. The first kappa shape index (κ1) is 14.0. The monoisotopic (exact) mass is 279 g/mol. The number of benzene rings is 1. The van der Waals surface area contributed by atoms with Crippen LogP contribution in [-0.4, -0.2) is 41.8 Å². The number of halogens is 1. The van der Waals surface area contributed by atoms with Crippen molar-refractivity contribution in [3.63, 3.8) is 0 Å². The topological polar surface area (TPSA) is 32.7 Å². The van der Waals surface area contributed by atoms with E-state index >= 15 is 0 Å². The summed E-state index contributed by atoms with van der Waals surface area (Å²) in [5.41, 5.74) is 0.782. The fourth-order valence-electron chi connectivity index (χ4n) is 2.87. The second-order valence-corrected chi connectivity index (χ2v) is 5.89. The van der Waals surface area contributed by atoms with Crippen LogP contribution in [0.25, 0.3) is 0 Å². The van der Waals surface area contributed by atoms with Gasteiger partial charge < -0.3 is 9.84 Å². The van der Waals surface area contributed by atoms with Crippen molar-refractivity contribution in [2.24, 2.45) is 0 Å². The highest BCUT2D eigenvalue weighted by Gasteiger charge is 2.32. The molecule has 0 amide bonds. The lowest BCUT2D eigenvalue weighted by molar-refractivity contribution is 0.0457. The van der Waals surface area contributed by atoms with Crippen LogP contribution in [0.3, 0.4) is 0 Å². The fourth-order valence-corrected chi connectivity index (χ4v) is 2.87. The molecule has 1 aliphatic carbocycles. The third-order valence-corrected chi connectivity index (χ3v) is 4.19. The summed E-state index contributed by atoms with van der Waals surface area (Å²) in [6.07, 6.45) is 4.44. The highest BCUT2D eigenvalue weighted by molar-refractivity contribution is 5.18. The molecule has 0 aromatic heterocycles. The van der Waals surface area contributed by atoms with Gasteiger partial charge in [0, 0.05) is 25.7 Å². The van der Waals surface area contributed by atoms with Crippen molar-refractivity contribution in [2.45, 2.75) is 43.9 Å². The van der Waals surface area contributed by atoms with Crippen molar-refractivity contribution in [2.75, 3.05) is 19.7 Å². The first-order valence-corrected chi connectivity index (χ1v) is 7.51. The molecule has 2 fully saturated rings. The van der Waals surface area contributed by atoms with E-state index in [1.807, 2.05) is 0 Å². The van der Waals surface area contributed by atoms with E-state index in [2.05, 4.69) is 4.90 Å². The summed E-state index contributed by atoms with van der Waals surface area (Å²) in [6.45, 7) is 2.38. The van der Waals surface area contributed by atoms with E-state index in [0.717, 1.165) is 31.6 Å². The van der Waals surface area contributed by atoms with E-state index in [0.29, 0.717) is 18.7 Å². The third-order valence-electron chi connectivity index (χ3n) is 4.19. The second kappa shape index (κ2) is 6.20. The summed E-state index contributed by atoms with van der Waals surface area (Å²) in [6, 6.07) is 6.73. The molecule has 0 spiro atoms. The van der Waals surface area contributed by atoms with Crippen LogP contribution in [0.5, 0.6) is 0 Å². The average molecular weight is 279 g/mol. The van der Waals surface area contributed by atoms with E-state index < -0.39 is 6.10 Å². The number of nitrogens with zero attached hydrogens (tertiary/aromatic N) is 1. The van der Waals surface area contributed by atoms with Gasteiger partial charge in [-0.15, -0.1) is 0 Å². The van der Waals surface area contributed by atoms with Crippen LogP contribution < -0.4 is 0 Å². The minimum absolute atomic E-state index is 0.264. The minimum Gasteiger partial charge on any atom is -0.387 e. The number of rotatable bonds is 6. The SMILES string of the molecule is O[C@@H](CN(C[C@H]1CCCO1)C1CC1)c1ccc(F)cc1. The van der Waals surface area contributed by atoms with E-state index in [1.54, 1.807) is 12.1 Å². The number of aliphatic hydroxyl groups is 1. The van der Waals surface area contributed by atoms with Gasteiger partial charge in [0.15, 0.2) is 0 Å². The Balaban J connectivity index is 1.59. The molecule has 2 aliphatic rings. The molecule has 3 rings (SSSR count). The van der Waals surface area contributed by atoms with Crippen LogP contribution in [0.2, 0.25) is 0 Å². The van der Waals surface area contributed by atoms with Crippen LogP contribution in [-0.2, 0) is 4.74 Å². The third kappa shape index (κ3) is 3.57. The molecule has 20 heavy (non-hydrogen) atoms. The van der Waals surface area contributed by atoms with Gasteiger partial charge in [0.2, 0.25) is 0 Å². The van der Waals surface area contributed by atoms with Crippen molar-refractivity contribution in [3.05, 3.63) is 35.6 Å². The molecular weight excluding hydrogens is 257 g/mol. The molecule has 110 valence electrons. The van der Waals surface area contributed by atoms with Crippen molar-refractivity contribution < 1.29 is 14.2 Å². The van der Waals surface area contributed by atoms with Crippen LogP contribution >= 0.6 is 0 Å². The summed E-state index contributed by atoms with van der Waals surface area (Å²) in [4.78, 5) is 2.34. The standard InChI is InChI=1S/C16H22FNO2/c17-13-5-3-12(4-6-13)16(19)11-18(14-7-8-14)10-15-2-1-9-20-15/h3-6,14-16,19H,1-2,7-11H2/t15-,16+/m1/s1. The smallest absolute Gasteiger partial charge is 0.123 e. The normalized spacial score (nSPS) is 24.2. The average Bonchev–Trinajstić information content (AvgIpc) is 3.17. The largest absolute Gasteiger partial charge is 0.387 e. The Morgan fingerprint density at radius 3 is 2.60 bits per heavy atom. The summed E-state index contributed by atoms with van der Waals surface area (Å²) in [5, 5.41) is 10.3. The van der Waals surface area contributed by atoms with Gasteiger partial charge in [-0.1, -0.05) is 12.1 Å². The van der Waals surface area contributed by atoms with E-state index in [4.69, 9.17) is 4.74 Å². The van der Waals surface area contributed by atoms with Gasteiger partial charge in [0.05, 0.1) is 12.2 Å². The molecule has 0 bridgehead atoms. The number of aliphatic hydroxyl groups excluding tert-OH is 1. The van der Waals surface area contributed by atoms with Gasteiger partial charge in [0.25, 0.3) is 0 Å². The molecular formula is C16H22FNO2. The lowest BCUT2D eigenvalue weighted by Crippen LogP contribution is -2.37. The molecule has 1 saturated heterocycles. The highest BCUT2D eigenvalue weighted by Crippen LogP contribution is 2.30. The number of ether oxygens (including phenoxy) is 1. The zero-order chi connectivity index (χ0) is 13.9. The van der Waals surface area contributed by atoms with Gasteiger partial charge in [-0.25, -0.2) is 4.39 Å². The Bertz CT molecular complexity index is 427. The molecule has 1 aliphatic heterocycles.